The van der Waals surface area contributed by atoms with Gasteiger partial charge in [-0.05, 0) is 18.2 Å². The Bertz CT molecular complexity index is 949. The van der Waals surface area contributed by atoms with E-state index in [-0.39, 0.29) is 0 Å². The van der Waals surface area contributed by atoms with Crippen LogP contribution in [0.25, 0.3) is 33.7 Å². The van der Waals surface area contributed by atoms with Crippen LogP contribution in [0.2, 0.25) is 0 Å². The van der Waals surface area contributed by atoms with E-state index in [0.29, 0.717) is 5.78 Å². The maximum absolute atomic E-state index is 5.88. The molecule has 1 aromatic carbocycles. The van der Waals surface area contributed by atoms with Crippen molar-refractivity contribution in [3.05, 3.63) is 48.3 Å². The molecule has 4 aromatic rings. The lowest BCUT2D eigenvalue weighted by Crippen LogP contribution is -2.30. The molecular formula is C15H9N2O2+. The normalized spacial score (nSPS) is 13.1. The summed E-state index contributed by atoms with van der Waals surface area (Å²) in [6, 6.07) is 10.0. The second-order valence-electron chi connectivity index (χ2n) is 4.76. The highest BCUT2D eigenvalue weighted by atomic mass is 16.5. The quantitative estimate of drug-likeness (QED) is 0.396. The van der Waals surface area contributed by atoms with Crippen LogP contribution in [0, 0.1) is 0 Å². The third kappa shape index (κ3) is 1.04. The van der Waals surface area contributed by atoms with Gasteiger partial charge in [0.05, 0.1) is 5.39 Å². The van der Waals surface area contributed by atoms with Crippen LogP contribution in [0.5, 0.6) is 0 Å². The molecule has 0 saturated carbocycles. The Morgan fingerprint density at radius 1 is 1.11 bits per heavy atom. The number of benzene rings is 1. The first-order valence-corrected chi connectivity index (χ1v) is 6.19. The maximum Gasteiger partial charge on any atom is 0.386 e. The maximum atomic E-state index is 5.88. The minimum absolute atomic E-state index is 0.589. The zero-order valence-corrected chi connectivity index (χ0v) is 9.96. The Labute approximate surface area is 107 Å². The monoisotopic (exact) mass is 249 g/mol. The number of nitrogens with zero attached hydrogens (tertiary/aromatic N) is 2. The summed E-state index contributed by atoms with van der Waals surface area (Å²) in [5, 5.41) is 1.09. The number of pyridine rings is 1. The smallest absolute Gasteiger partial charge is 0.386 e. The number of fused-ring (bicyclic) bond motifs is 7. The Kier molecular flexibility index (Phi) is 1.49. The summed E-state index contributed by atoms with van der Waals surface area (Å²) in [5.41, 5.74) is 4.18. The number of oxazole rings is 1. The van der Waals surface area contributed by atoms with Crippen LogP contribution in [0.1, 0.15) is 5.56 Å². The van der Waals surface area contributed by atoms with Gasteiger partial charge in [0.2, 0.25) is 0 Å². The minimum Gasteiger partial charge on any atom is -0.420 e. The number of rotatable bonds is 0. The van der Waals surface area contributed by atoms with Gasteiger partial charge in [0.25, 0.3) is 0 Å². The van der Waals surface area contributed by atoms with E-state index in [2.05, 4.69) is 15.6 Å². The Hall–Kier alpha value is -2.62. The summed E-state index contributed by atoms with van der Waals surface area (Å²) < 4.78 is 13.8. The molecule has 4 heterocycles. The summed E-state index contributed by atoms with van der Waals surface area (Å²) in [4.78, 5) is 4.17. The van der Waals surface area contributed by atoms with Gasteiger partial charge in [-0.15, -0.1) is 4.57 Å². The SMILES string of the molecule is c1ccc2c(c1)oc1oc3[n+](c12)Cc1ccncc1-3. The predicted octanol–water partition coefficient (Wildman–Crippen LogP) is 2.89. The zero-order valence-electron chi connectivity index (χ0n) is 9.96. The van der Waals surface area contributed by atoms with Crippen molar-refractivity contribution < 1.29 is 13.4 Å². The molecule has 1 aliphatic rings. The Balaban J connectivity index is 1.94. The van der Waals surface area contributed by atoms with Crippen molar-refractivity contribution >= 4 is 22.3 Å². The summed E-state index contributed by atoms with van der Waals surface area (Å²) >= 11 is 0. The summed E-state index contributed by atoms with van der Waals surface area (Å²) in [7, 11) is 0. The molecule has 4 nitrogen and oxygen atoms in total. The third-order valence-corrected chi connectivity index (χ3v) is 3.71. The fourth-order valence-corrected chi connectivity index (χ4v) is 2.85. The highest BCUT2D eigenvalue weighted by molar-refractivity contribution is 5.99. The standard InChI is InChI=1S/C15H9N2O2/c1-2-4-12-10(3-1)13-15(18-12)19-14-11-7-16-6-5-9(11)8-17(13)14/h1-7H,8H2/q+1. The van der Waals surface area contributed by atoms with Crippen LogP contribution in [0.4, 0.5) is 0 Å². The molecule has 19 heavy (non-hydrogen) atoms. The van der Waals surface area contributed by atoms with Crippen molar-refractivity contribution in [2.45, 2.75) is 6.54 Å². The molecule has 0 aliphatic carbocycles. The van der Waals surface area contributed by atoms with E-state index in [4.69, 9.17) is 8.83 Å². The molecule has 90 valence electrons. The zero-order chi connectivity index (χ0) is 12.4. The Morgan fingerprint density at radius 3 is 3.05 bits per heavy atom. The highest BCUT2D eigenvalue weighted by Gasteiger charge is 2.36. The average Bonchev–Trinajstić information content (AvgIpc) is 3.05. The van der Waals surface area contributed by atoms with Gasteiger partial charge in [-0.3, -0.25) is 4.98 Å². The summed E-state index contributed by atoms with van der Waals surface area (Å²) in [6.07, 6.45) is 3.66. The van der Waals surface area contributed by atoms with Crippen LogP contribution >= 0.6 is 0 Å². The van der Waals surface area contributed by atoms with Crippen molar-refractivity contribution in [3.8, 4) is 11.5 Å². The molecular weight excluding hydrogens is 240 g/mol. The number of hydrogen-bond donors (Lipinski definition) is 0. The number of para-hydroxylation sites is 1. The van der Waals surface area contributed by atoms with Crippen LogP contribution in [0.15, 0.2) is 51.6 Å². The van der Waals surface area contributed by atoms with Crippen LogP contribution in [-0.4, -0.2) is 4.98 Å². The first kappa shape index (κ1) is 9.33. The van der Waals surface area contributed by atoms with Gasteiger partial charge in [-0.1, -0.05) is 12.1 Å². The molecule has 0 amide bonds. The third-order valence-electron chi connectivity index (χ3n) is 3.71. The van der Waals surface area contributed by atoms with E-state index in [1.165, 1.54) is 5.56 Å². The molecule has 0 bridgehead atoms. The lowest BCUT2D eigenvalue weighted by molar-refractivity contribution is -0.648. The van der Waals surface area contributed by atoms with Crippen molar-refractivity contribution in [3.63, 3.8) is 0 Å². The van der Waals surface area contributed by atoms with Crippen molar-refractivity contribution in [2.75, 3.05) is 0 Å². The molecule has 0 unspecified atom stereocenters. The second kappa shape index (κ2) is 3.03. The fraction of sp³-hybridized carbons (Fsp3) is 0.0667. The first-order chi connectivity index (χ1) is 9.42. The van der Waals surface area contributed by atoms with Gasteiger partial charge in [-0.25, -0.2) is 0 Å². The molecule has 4 heteroatoms. The van der Waals surface area contributed by atoms with Gasteiger partial charge in [-0.2, -0.15) is 0 Å². The van der Waals surface area contributed by atoms with Crippen molar-refractivity contribution in [2.24, 2.45) is 0 Å². The van der Waals surface area contributed by atoms with E-state index in [9.17, 15) is 0 Å². The van der Waals surface area contributed by atoms with Gasteiger partial charge >= 0.3 is 17.2 Å². The summed E-state index contributed by atoms with van der Waals surface area (Å²) in [5.74, 6) is 1.42. The lowest BCUT2D eigenvalue weighted by Gasteiger charge is -1.88. The van der Waals surface area contributed by atoms with E-state index in [0.717, 1.165) is 34.5 Å². The summed E-state index contributed by atoms with van der Waals surface area (Å²) in [6.45, 7) is 0.809. The van der Waals surface area contributed by atoms with Crippen LogP contribution in [0.3, 0.4) is 0 Å². The molecule has 0 radical (unpaired) electrons. The largest absolute Gasteiger partial charge is 0.420 e. The average molecular weight is 249 g/mol. The molecule has 0 spiro atoms. The van der Waals surface area contributed by atoms with Gasteiger partial charge in [0.15, 0.2) is 6.54 Å². The Morgan fingerprint density at radius 2 is 2.05 bits per heavy atom. The van der Waals surface area contributed by atoms with Crippen molar-refractivity contribution in [1.29, 1.82) is 0 Å². The van der Waals surface area contributed by atoms with E-state index < -0.39 is 0 Å². The predicted molar refractivity (Wildman–Crippen MR) is 68.5 cm³/mol. The topological polar surface area (TPSA) is 43.0 Å². The van der Waals surface area contributed by atoms with E-state index in [1.807, 2.05) is 36.7 Å². The fourth-order valence-electron chi connectivity index (χ4n) is 2.85. The first-order valence-electron chi connectivity index (χ1n) is 6.19. The van der Waals surface area contributed by atoms with Crippen LogP contribution in [-0.2, 0) is 6.54 Å². The number of aromatic nitrogens is 2. The molecule has 0 atom stereocenters. The molecule has 1 aliphatic heterocycles. The molecule has 3 aromatic heterocycles. The molecule has 0 N–H and O–H groups in total. The lowest BCUT2D eigenvalue weighted by atomic mass is 10.2. The van der Waals surface area contributed by atoms with Gasteiger partial charge in [0.1, 0.15) is 11.1 Å². The van der Waals surface area contributed by atoms with Gasteiger partial charge < -0.3 is 8.83 Å². The van der Waals surface area contributed by atoms with Crippen LogP contribution < -0.4 is 4.57 Å². The van der Waals surface area contributed by atoms with Gasteiger partial charge in [0, 0.05) is 18.0 Å². The number of hydrogen-bond acceptors (Lipinski definition) is 3. The second-order valence-corrected chi connectivity index (χ2v) is 4.76. The van der Waals surface area contributed by atoms with E-state index >= 15 is 0 Å². The molecule has 0 fully saturated rings. The molecule has 0 saturated heterocycles. The van der Waals surface area contributed by atoms with E-state index in [1.54, 1.807) is 0 Å². The highest BCUT2D eigenvalue weighted by Crippen LogP contribution is 2.34. The molecule has 5 rings (SSSR count). The number of furan rings is 1. The van der Waals surface area contributed by atoms with Crippen molar-refractivity contribution in [1.82, 2.24) is 4.98 Å². The minimum atomic E-state index is 0.589.